The van der Waals surface area contributed by atoms with Gasteiger partial charge in [-0.15, -0.1) is 22.9 Å². The first-order chi connectivity index (χ1) is 11.7. The zero-order valence-corrected chi connectivity index (χ0v) is 17.1. The quantitative estimate of drug-likeness (QED) is 0.749. The molecule has 1 heterocycles. The summed E-state index contributed by atoms with van der Waals surface area (Å²) in [7, 11) is 0. The van der Waals surface area contributed by atoms with Gasteiger partial charge in [0, 0.05) is 16.8 Å². The molecule has 2 rings (SSSR count). The van der Waals surface area contributed by atoms with Crippen molar-refractivity contribution < 1.29 is 9.59 Å². The number of nitrogens with one attached hydrogen (secondary N) is 1. The maximum Gasteiger partial charge on any atom is 0.245 e. The Morgan fingerprint density at radius 1 is 1.28 bits per heavy atom. The second kappa shape index (κ2) is 8.49. The average molecular weight is 386 g/mol. The molecule has 0 atom stereocenters. The number of hydrogen-bond donors (Lipinski definition) is 1. The number of alkyl halides is 1. The summed E-state index contributed by atoms with van der Waals surface area (Å²) in [6.45, 7) is 7.63. The van der Waals surface area contributed by atoms with Gasteiger partial charge in [-0.3, -0.25) is 9.59 Å². The minimum Gasteiger partial charge on any atom is -0.330 e. The molecule has 1 aliphatic rings. The van der Waals surface area contributed by atoms with Gasteiger partial charge in [-0.05, 0) is 40.5 Å². The number of aryl methyl sites for hydroxylation is 2. The van der Waals surface area contributed by atoms with Crippen molar-refractivity contribution in [1.29, 1.82) is 0 Å². The molecule has 1 saturated carbocycles. The second-order valence-electron chi connectivity index (χ2n) is 7.45. The van der Waals surface area contributed by atoms with Gasteiger partial charge >= 0.3 is 0 Å². The fourth-order valence-electron chi connectivity index (χ4n) is 3.05. The molecule has 140 valence electrons. The standard InChI is InChI=1S/C18H28ClN3O2S/c1-12-13(2)25-17(20-12)21-15(23)10-22(14-8-6-5-7-9-14)16(24)18(3,4)11-19/h14H,5-11H2,1-4H3,(H,20,21,23). The van der Waals surface area contributed by atoms with Crippen LogP contribution in [-0.4, -0.2) is 40.2 Å². The van der Waals surface area contributed by atoms with Crippen molar-refractivity contribution in [3.8, 4) is 0 Å². The largest absolute Gasteiger partial charge is 0.330 e. The Morgan fingerprint density at radius 2 is 1.92 bits per heavy atom. The number of carbonyl (C=O) groups excluding carboxylic acids is 2. The van der Waals surface area contributed by atoms with Gasteiger partial charge in [0.05, 0.1) is 11.1 Å². The van der Waals surface area contributed by atoms with Gasteiger partial charge < -0.3 is 10.2 Å². The topological polar surface area (TPSA) is 62.3 Å². The first-order valence-electron chi connectivity index (χ1n) is 8.85. The van der Waals surface area contributed by atoms with Crippen LogP contribution in [-0.2, 0) is 9.59 Å². The number of nitrogens with zero attached hydrogens (tertiary/aromatic N) is 2. The summed E-state index contributed by atoms with van der Waals surface area (Å²) in [5, 5.41) is 3.43. The van der Waals surface area contributed by atoms with Crippen LogP contribution in [0, 0.1) is 19.3 Å². The minimum atomic E-state index is -0.673. The zero-order chi connectivity index (χ0) is 18.6. The van der Waals surface area contributed by atoms with Crippen molar-refractivity contribution in [3.05, 3.63) is 10.6 Å². The summed E-state index contributed by atoms with van der Waals surface area (Å²) in [4.78, 5) is 32.7. The van der Waals surface area contributed by atoms with Crippen molar-refractivity contribution in [1.82, 2.24) is 9.88 Å². The van der Waals surface area contributed by atoms with Crippen LogP contribution in [0.1, 0.15) is 56.5 Å². The van der Waals surface area contributed by atoms with Gasteiger partial charge in [-0.1, -0.05) is 19.3 Å². The number of hydrogen-bond acceptors (Lipinski definition) is 4. The smallest absolute Gasteiger partial charge is 0.245 e. The fourth-order valence-corrected chi connectivity index (χ4v) is 3.99. The van der Waals surface area contributed by atoms with E-state index in [0.29, 0.717) is 5.13 Å². The lowest BCUT2D eigenvalue weighted by Gasteiger charge is -2.38. The van der Waals surface area contributed by atoms with Crippen LogP contribution in [0.4, 0.5) is 5.13 Å². The van der Waals surface area contributed by atoms with Gasteiger partial charge in [0.25, 0.3) is 0 Å². The van der Waals surface area contributed by atoms with Crippen LogP contribution in [0.2, 0.25) is 0 Å². The maximum absolute atomic E-state index is 13.0. The third-order valence-corrected chi connectivity index (χ3v) is 6.43. The molecular weight excluding hydrogens is 358 g/mol. The van der Waals surface area contributed by atoms with Gasteiger partial charge in [0.1, 0.15) is 6.54 Å². The molecule has 1 aromatic heterocycles. The Balaban J connectivity index is 2.11. The normalized spacial score (nSPS) is 15.9. The molecule has 0 bridgehead atoms. The highest BCUT2D eigenvalue weighted by atomic mass is 35.5. The fraction of sp³-hybridized carbons (Fsp3) is 0.722. The number of aromatic nitrogens is 1. The SMILES string of the molecule is Cc1nc(NC(=O)CN(C(=O)C(C)(C)CCl)C2CCCCC2)sc1C. The van der Waals surface area contributed by atoms with Crippen molar-refractivity contribution in [2.75, 3.05) is 17.7 Å². The summed E-state index contributed by atoms with van der Waals surface area (Å²) < 4.78 is 0. The summed E-state index contributed by atoms with van der Waals surface area (Å²) in [6, 6.07) is 0.120. The average Bonchev–Trinajstić information content (AvgIpc) is 2.90. The summed E-state index contributed by atoms with van der Waals surface area (Å²) >= 11 is 7.46. The van der Waals surface area contributed by atoms with Crippen molar-refractivity contribution in [2.45, 2.75) is 65.8 Å². The highest BCUT2D eigenvalue weighted by molar-refractivity contribution is 7.15. The molecule has 0 spiro atoms. The third-order valence-electron chi connectivity index (χ3n) is 4.78. The summed E-state index contributed by atoms with van der Waals surface area (Å²) in [5.74, 6) is -0.00394. The molecule has 1 fully saturated rings. The highest BCUT2D eigenvalue weighted by Crippen LogP contribution is 2.28. The number of carbonyl (C=O) groups is 2. The predicted molar refractivity (Wildman–Crippen MR) is 103 cm³/mol. The molecular formula is C18H28ClN3O2S. The highest BCUT2D eigenvalue weighted by Gasteiger charge is 2.36. The number of anilines is 1. The Bertz CT molecular complexity index is 604. The lowest BCUT2D eigenvalue weighted by atomic mass is 9.89. The number of amides is 2. The maximum atomic E-state index is 13.0. The van der Waals surface area contributed by atoms with Crippen molar-refractivity contribution >= 4 is 39.9 Å². The van der Waals surface area contributed by atoms with Crippen molar-refractivity contribution in [2.24, 2.45) is 5.41 Å². The monoisotopic (exact) mass is 385 g/mol. The van der Waals surface area contributed by atoms with E-state index in [-0.39, 0.29) is 30.3 Å². The van der Waals surface area contributed by atoms with Gasteiger partial charge in [0.2, 0.25) is 11.8 Å². The van der Waals surface area contributed by atoms with E-state index in [4.69, 9.17) is 11.6 Å². The summed E-state index contributed by atoms with van der Waals surface area (Å²) in [6.07, 6.45) is 5.30. The Hall–Kier alpha value is -1.14. The molecule has 0 aliphatic heterocycles. The van der Waals surface area contributed by atoms with E-state index in [0.717, 1.165) is 36.3 Å². The first kappa shape index (κ1) is 20.2. The van der Waals surface area contributed by atoms with Crippen LogP contribution in [0.5, 0.6) is 0 Å². The Labute approximate surface area is 159 Å². The Kier molecular flexibility index (Phi) is 6.86. The molecule has 7 heteroatoms. The molecule has 0 radical (unpaired) electrons. The number of halogens is 1. The van der Waals surface area contributed by atoms with Crippen LogP contribution in [0.15, 0.2) is 0 Å². The Morgan fingerprint density at radius 3 is 2.44 bits per heavy atom. The third kappa shape index (κ3) is 5.17. The van der Waals surface area contributed by atoms with E-state index in [1.165, 1.54) is 17.8 Å². The molecule has 0 aromatic carbocycles. The molecule has 5 nitrogen and oxygen atoms in total. The van der Waals surface area contributed by atoms with Crippen molar-refractivity contribution in [3.63, 3.8) is 0 Å². The minimum absolute atomic E-state index is 0.0453. The zero-order valence-electron chi connectivity index (χ0n) is 15.5. The lowest BCUT2D eigenvalue weighted by Crippen LogP contribution is -2.51. The number of rotatable bonds is 6. The van der Waals surface area contributed by atoms with Crippen LogP contribution >= 0.6 is 22.9 Å². The number of thiazole rings is 1. The molecule has 1 aromatic rings. The van der Waals surface area contributed by atoms with E-state index in [9.17, 15) is 9.59 Å². The summed E-state index contributed by atoms with van der Waals surface area (Å²) in [5.41, 5.74) is 0.247. The molecule has 1 aliphatic carbocycles. The van der Waals surface area contributed by atoms with E-state index in [1.54, 1.807) is 4.90 Å². The van der Waals surface area contributed by atoms with Gasteiger partial charge in [-0.25, -0.2) is 4.98 Å². The molecule has 1 N–H and O–H groups in total. The molecule has 0 unspecified atom stereocenters. The lowest BCUT2D eigenvalue weighted by molar-refractivity contribution is -0.144. The predicted octanol–water partition coefficient (Wildman–Crippen LogP) is 4.12. The molecule has 0 saturated heterocycles. The molecule has 2 amide bonds. The second-order valence-corrected chi connectivity index (χ2v) is 8.92. The van der Waals surface area contributed by atoms with Crippen LogP contribution in [0.25, 0.3) is 0 Å². The van der Waals surface area contributed by atoms with Gasteiger partial charge in [0.15, 0.2) is 5.13 Å². The van der Waals surface area contributed by atoms with Crippen LogP contribution < -0.4 is 5.32 Å². The van der Waals surface area contributed by atoms with E-state index < -0.39 is 5.41 Å². The first-order valence-corrected chi connectivity index (χ1v) is 10.2. The van der Waals surface area contributed by atoms with Crippen LogP contribution in [0.3, 0.4) is 0 Å². The van der Waals surface area contributed by atoms with Gasteiger partial charge in [-0.2, -0.15) is 0 Å². The molecule has 25 heavy (non-hydrogen) atoms. The van der Waals surface area contributed by atoms with E-state index in [1.807, 2.05) is 27.7 Å². The van der Waals surface area contributed by atoms with E-state index >= 15 is 0 Å². The van der Waals surface area contributed by atoms with E-state index in [2.05, 4.69) is 10.3 Å².